The van der Waals surface area contributed by atoms with Crippen LogP contribution in [-0.4, -0.2) is 23.8 Å². The molecule has 0 N–H and O–H groups in total. The number of allylic oxidation sites excluding steroid dienone is 2. The topological polar surface area (TPSA) is 18.5 Å². The van der Waals surface area contributed by atoms with Gasteiger partial charge in [-0.05, 0) is 74.0 Å². The van der Waals surface area contributed by atoms with Crippen LogP contribution < -0.4 is 0 Å². The van der Waals surface area contributed by atoms with Crippen LogP contribution in [0, 0.1) is 34.5 Å². The fraction of sp³-hybridized carbons (Fsp3) is 0.905. The third kappa shape index (κ3) is 1.85. The molecule has 24 heavy (non-hydrogen) atoms. The van der Waals surface area contributed by atoms with Crippen molar-refractivity contribution in [2.45, 2.75) is 69.4 Å². The zero-order valence-corrected chi connectivity index (χ0v) is 16.7. The van der Waals surface area contributed by atoms with Gasteiger partial charge in [0.1, 0.15) is 0 Å². The van der Waals surface area contributed by atoms with Crippen LogP contribution in [0.4, 0.5) is 0 Å². The van der Waals surface area contributed by atoms with E-state index in [1.165, 1.54) is 44.9 Å². The lowest BCUT2D eigenvalue weighted by Gasteiger charge is -2.60. The van der Waals surface area contributed by atoms with Crippen LogP contribution in [0.3, 0.4) is 0 Å². The molecule has 5 rings (SSSR count). The molecule has 0 aromatic rings. The Kier molecular flexibility index (Phi) is 3.62. The Labute approximate surface area is 154 Å². The van der Waals surface area contributed by atoms with Gasteiger partial charge < -0.3 is 9.47 Å². The summed E-state index contributed by atoms with van der Waals surface area (Å²) in [6.45, 7) is 6.63. The number of ether oxygens (including phenoxy) is 2. The molecule has 0 unspecified atom stereocenters. The molecule has 1 saturated heterocycles. The Morgan fingerprint density at radius 3 is 2.58 bits per heavy atom. The summed E-state index contributed by atoms with van der Waals surface area (Å²) in [6.07, 6.45) is 14.3. The van der Waals surface area contributed by atoms with Gasteiger partial charge in [-0.25, -0.2) is 0 Å². The summed E-state index contributed by atoms with van der Waals surface area (Å²) in [5.74, 6) is 3.08. The first-order valence-corrected chi connectivity index (χ1v) is 11.0. The van der Waals surface area contributed by atoms with Crippen LogP contribution in [0.15, 0.2) is 12.2 Å². The minimum absolute atomic E-state index is 0.187. The summed E-state index contributed by atoms with van der Waals surface area (Å²) in [5, 5.41) is 0. The summed E-state index contributed by atoms with van der Waals surface area (Å²) in [5.41, 5.74) is 0.723. The largest absolute Gasteiger partial charge is 0.346 e. The summed E-state index contributed by atoms with van der Waals surface area (Å²) in [4.78, 5) is 0.359. The maximum Gasteiger partial charge on any atom is 0.186 e. The average molecular weight is 395 g/mol. The molecule has 134 valence electrons. The van der Waals surface area contributed by atoms with Gasteiger partial charge in [-0.3, -0.25) is 0 Å². The van der Waals surface area contributed by atoms with E-state index in [4.69, 9.17) is 9.47 Å². The van der Waals surface area contributed by atoms with Crippen LogP contribution in [0.2, 0.25) is 0 Å². The van der Waals surface area contributed by atoms with Crippen molar-refractivity contribution in [2.75, 3.05) is 13.2 Å². The van der Waals surface area contributed by atoms with E-state index in [0.29, 0.717) is 10.2 Å². The molecular formula is C21H31BrO2. The van der Waals surface area contributed by atoms with E-state index in [2.05, 4.69) is 41.9 Å². The lowest BCUT2D eigenvalue weighted by atomic mass is 9.45. The molecular weight excluding hydrogens is 364 g/mol. The Balaban J connectivity index is 1.51. The first-order valence-electron chi connectivity index (χ1n) is 10.1. The van der Waals surface area contributed by atoms with Crippen LogP contribution in [0.5, 0.6) is 0 Å². The van der Waals surface area contributed by atoms with E-state index in [9.17, 15) is 0 Å². The van der Waals surface area contributed by atoms with Gasteiger partial charge in [0.15, 0.2) is 5.79 Å². The molecule has 2 nitrogen and oxygen atoms in total. The maximum absolute atomic E-state index is 6.32. The molecule has 0 aromatic carbocycles. The normalized spacial score (nSPS) is 55.2. The monoisotopic (exact) mass is 394 g/mol. The van der Waals surface area contributed by atoms with Gasteiger partial charge in [-0.2, -0.15) is 0 Å². The van der Waals surface area contributed by atoms with Gasteiger partial charge in [-0.1, -0.05) is 41.9 Å². The van der Waals surface area contributed by atoms with E-state index < -0.39 is 0 Å². The zero-order chi connectivity index (χ0) is 16.6. The molecule has 4 aliphatic carbocycles. The molecule has 0 aromatic heterocycles. The molecule has 1 aliphatic heterocycles. The molecule has 0 bridgehead atoms. The maximum atomic E-state index is 6.32. The van der Waals surface area contributed by atoms with Crippen LogP contribution in [0.25, 0.3) is 0 Å². The second-order valence-electron chi connectivity index (χ2n) is 9.59. The minimum Gasteiger partial charge on any atom is -0.346 e. The molecule has 0 amide bonds. The van der Waals surface area contributed by atoms with Crippen molar-refractivity contribution in [3.05, 3.63) is 12.2 Å². The predicted octanol–water partition coefficient (Wildman–Crippen LogP) is 5.31. The minimum atomic E-state index is -0.354. The van der Waals surface area contributed by atoms with Crippen molar-refractivity contribution in [3.8, 4) is 0 Å². The van der Waals surface area contributed by atoms with Gasteiger partial charge in [0.2, 0.25) is 0 Å². The van der Waals surface area contributed by atoms with E-state index in [1.807, 2.05) is 0 Å². The fourth-order valence-electron chi connectivity index (χ4n) is 7.70. The first-order chi connectivity index (χ1) is 11.5. The highest BCUT2D eigenvalue weighted by molar-refractivity contribution is 9.09. The Bertz CT molecular complexity index is 554. The number of fused-ring (bicyclic) bond motifs is 6. The first kappa shape index (κ1) is 16.3. The standard InChI is InChI=1S/C21H31BrO2/c1-19-9-4-3-5-14(19)6-7-15-16(19)8-10-20(2)17(15)13-18(22)21(20)23-11-12-24-21/h3-4,14-18H,5-13H2,1-2H3/t14-,15+,16+,17-,18-,19+,20+/m1/s1. The van der Waals surface area contributed by atoms with Crippen LogP contribution >= 0.6 is 15.9 Å². The van der Waals surface area contributed by atoms with Gasteiger partial charge in [0, 0.05) is 5.41 Å². The molecule has 1 spiro atoms. The molecule has 3 heteroatoms. The lowest BCUT2D eigenvalue weighted by Crippen LogP contribution is -2.57. The smallest absolute Gasteiger partial charge is 0.186 e. The van der Waals surface area contributed by atoms with Crippen molar-refractivity contribution in [3.63, 3.8) is 0 Å². The molecule has 1 heterocycles. The van der Waals surface area contributed by atoms with Gasteiger partial charge >= 0.3 is 0 Å². The van der Waals surface area contributed by atoms with E-state index in [1.54, 1.807) is 0 Å². The molecule has 5 aliphatic rings. The van der Waals surface area contributed by atoms with Crippen LogP contribution in [0.1, 0.15) is 58.8 Å². The Morgan fingerprint density at radius 1 is 1.00 bits per heavy atom. The summed E-state index contributed by atoms with van der Waals surface area (Å²) in [7, 11) is 0. The number of rotatable bonds is 0. The highest BCUT2D eigenvalue weighted by atomic mass is 79.9. The summed E-state index contributed by atoms with van der Waals surface area (Å²) >= 11 is 3.99. The number of hydrogen-bond acceptors (Lipinski definition) is 2. The molecule has 3 saturated carbocycles. The quantitative estimate of drug-likeness (QED) is 0.409. The van der Waals surface area contributed by atoms with Gasteiger partial charge in [-0.15, -0.1) is 0 Å². The second kappa shape index (κ2) is 5.33. The van der Waals surface area contributed by atoms with E-state index in [-0.39, 0.29) is 11.2 Å². The second-order valence-corrected chi connectivity index (χ2v) is 10.7. The fourth-order valence-corrected chi connectivity index (χ4v) is 8.89. The third-order valence-electron chi connectivity index (χ3n) is 8.99. The predicted molar refractivity (Wildman–Crippen MR) is 99.0 cm³/mol. The average Bonchev–Trinajstić information content (AvgIpc) is 3.15. The van der Waals surface area contributed by atoms with Gasteiger partial charge in [0.25, 0.3) is 0 Å². The van der Waals surface area contributed by atoms with E-state index >= 15 is 0 Å². The lowest BCUT2D eigenvalue weighted by molar-refractivity contribution is -0.243. The summed E-state index contributed by atoms with van der Waals surface area (Å²) in [6, 6.07) is 0. The highest BCUT2D eigenvalue weighted by Gasteiger charge is 2.70. The van der Waals surface area contributed by atoms with Crippen molar-refractivity contribution >= 4 is 15.9 Å². The van der Waals surface area contributed by atoms with Crippen molar-refractivity contribution < 1.29 is 9.47 Å². The summed E-state index contributed by atoms with van der Waals surface area (Å²) < 4.78 is 12.6. The SMILES string of the molecule is C[C@]12CC=CC[C@@H]1CC[C@@H]1[C@H]3C[C@@H](Br)C4(OCCO4)[C@@]3(C)CC[C@@H]12. The van der Waals surface area contributed by atoms with E-state index in [0.717, 1.165) is 36.9 Å². The van der Waals surface area contributed by atoms with Crippen molar-refractivity contribution in [1.82, 2.24) is 0 Å². The Hall–Kier alpha value is 0.140. The number of alkyl halides is 1. The Morgan fingerprint density at radius 2 is 1.79 bits per heavy atom. The third-order valence-corrected chi connectivity index (χ3v) is 9.96. The molecule has 7 atom stereocenters. The number of halogens is 1. The molecule has 0 radical (unpaired) electrons. The molecule has 4 fully saturated rings. The van der Waals surface area contributed by atoms with Crippen LogP contribution in [-0.2, 0) is 9.47 Å². The number of hydrogen-bond donors (Lipinski definition) is 0. The van der Waals surface area contributed by atoms with Crippen molar-refractivity contribution in [2.24, 2.45) is 34.5 Å². The highest BCUT2D eigenvalue weighted by Crippen LogP contribution is 2.70. The van der Waals surface area contributed by atoms with Crippen molar-refractivity contribution in [1.29, 1.82) is 0 Å². The van der Waals surface area contributed by atoms with Gasteiger partial charge in [0.05, 0.1) is 18.0 Å². The zero-order valence-electron chi connectivity index (χ0n) is 15.1.